The largest absolute Gasteiger partial charge is 0.324 e. The third kappa shape index (κ3) is 4.54. The first-order chi connectivity index (χ1) is 13.1. The highest BCUT2D eigenvalue weighted by Gasteiger charge is 2.20. The number of thioether (sulfide) groups is 1. The van der Waals surface area contributed by atoms with Crippen LogP contribution in [0.1, 0.15) is 23.9 Å². The topological polar surface area (TPSA) is 83.6 Å². The average Bonchev–Trinajstić information content (AvgIpc) is 3.02. The number of nitriles is 1. The molecule has 7 heteroatoms. The van der Waals surface area contributed by atoms with Gasteiger partial charge in [-0.1, -0.05) is 54.2 Å². The van der Waals surface area contributed by atoms with Crippen molar-refractivity contribution in [3.05, 3.63) is 71.5 Å². The van der Waals surface area contributed by atoms with E-state index in [4.69, 9.17) is 5.26 Å². The summed E-state index contributed by atoms with van der Waals surface area (Å²) in [4.78, 5) is 12.6. The summed E-state index contributed by atoms with van der Waals surface area (Å²) in [6.07, 6.45) is 0. The lowest BCUT2D eigenvalue weighted by atomic mass is 10.2. The molecular weight excluding hydrogens is 358 g/mol. The first-order valence-corrected chi connectivity index (χ1v) is 9.37. The molecule has 1 unspecified atom stereocenters. The Morgan fingerprint density at radius 1 is 1.19 bits per heavy atom. The fourth-order valence-corrected chi connectivity index (χ4v) is 3.43. The number of carbonyl (C=O) groups is 1. The van der Waals surface area contributed by atoms with Crippen LogP contribution in [-0.4, -0.2) is 25.9 Å². The van der Waals surface area contributed by atoms with Gasteiger partial charge in [-0.2, -0.15) is 5.26 Å². The smallest absolute Gasteiger partial charge is 0.237 e. The molecule has 1 atom stereocenters. The second kappa shape index (κ2) is 8.52. The van der Waals surface area contributed by atoms with Gasteiger partial charge in [-0.25, -0.2) is 0 Å². The van der Waals surface area contributed by atoms with Gasteiger partial charge < -0.3 is 9.88 Å². The SMILES string of the molecule is Cc1nnc(SC(C)C(=O)Nc2ccccc2C#N)n1Cc1ccccc1. The summed E-state index contributed by atoms with van der Waals surface area (Å²) >= 11 is 1.35. The fourth-order valence-electron chi connectivity index (χ4n) is 2.53. The van der Waals surface area contributed by atoms with Crippen LogP contribution < -0.4 is 5.32 Å². The van der Waals surface area contributed by atoms with E-state index in [1.54, 1.807) is 24.3 Å². The van der Waals surface area contributed by atoms with Crippen LogP contribution in [0, 0.1) is 18.3 Å². The highest BCUT2D eigenvalue weighted by molar-refractivity contribution is 8.00. The van der Waals surface area contributed by atoms with E-state index in [1.807, 2.05) is 48.7 Å². The number of anilines is 1. The van der Waals surface area contributed by atoms with Gasteiger partial charge in [0.15, 0.2) is 5.16 Å². The average molecular weight is 377 g/mol. The van der Waals surface area contributed by atoms with Crippen molar-refractivity contribution in [2.75, 3.05) is 5.32 Å². The van der Waals surface area contributed by atoms with E-state index in [1.165, 1.54) is 11.8 Å². The molecule has 0 aliphatic heterocycles. The number of aromatic nitrogens is 3. The number of hydrogen-bond acceptors (Lipinski definition) is 5. The van der Waals surface area contributed by atoms with Crippen LogP contribution in [-0.2, 0) is 11.3 Å². The van der Waals surface area contributed by atoms with Crippen molar-refractivity contribution in [3.8, 4) is 6.07 Å². The van der Waals surface area contributed by atoms with Crippen LogP contribution in [0.25, 0.3) is 0 Å². The number of aryl methyl sites for hydroxylation is 1. The minimum atomic E-state index is -0.394. The van der Waals surface area contributed by atoms with E-state index >= 15 is 0 Å². The Morgan fingerprint density at radius 3 is 2.63 bits per heavy atom. The van der Waals surface area contributed by atoms with Crippen molar-refractivity contribution in [2.45, 2.75) is 30.8 Å². The van der Waals surface area contributed by atoms with Crippen molar-refractivity contribution in [3.63, 3.8) is 0 Å². The molecule has 1 amide bonds. The fraction of sp³-hybridized carbons (Fsp3) is 0.200. The third-order valence-corrected chi connectivity index (χ3v) is 5.12. The number of nitrogens with zero attached hydrogens (tertiary/aromatic N) is 4. The van der Waals surface area contributed by atoms with Gasteiger partial charge in [0.25, 0.3) is 0 Å². The molecule has 0 saturated heterocycles. The van der Waals surface area contributed by atoms with E-state index in [9.17, 15) is 4.79 Å². The number of amides is 1. The van der Waals surface area contributed by atoms with Gasteiger partial charge in [0.05, 0.1) is 23.0 Å². The molecule has 136 valence electrons. The van der Waals surface area contributed by atoms with Crippen molar-refractivity contribution in [2.24, 2.45) is 0 Å². The maximum absolute atomic E-state index is 12.6. The van der Waals surface area contributed by atoms with Gasteiger partial charge >= 0.3 is 0 Å². The molecule has 3 rings (SSSR count). The highest BCUT2D eigenvalue weighted by Crippen LogP contribution is 2.25. The summed E-state index contributed by atoms with van der Waals surface area (Å²) in [6.45, 7) is 4.35. The quantitative estimate of drug-likeness (QED) is 0.663. The van der Waals surface area contributed by atoms with Gasteiger partial charge in [0, 0.05) is 0 Å². The van der Waals surface area contributed by atoms with Gasteiger partial charge in [-0.05, 0) is 31.5 Å². The molecule has 0 fully saturated rings. The Balaban J connectivity index is 1.72. The van der Waals surface area contributed by atoms with Crippen LogP contribution in [0.2, 0.25) is 0 Å². The molecule has 1 N–H and O–H groups in total. The molecule has 3 aromatic rings. The third-order valence-electron chi connectivity index (χ3n) is 4.04. The Kier molecular flexibility index (Phi) is 5.89. The van der Waals surface area contributed by atoms with Crippen LogP contribution >= 0.6 is 11.8 Å². The maximum Gasteiger partial charge on any atom is 0.237 e. The van der Waals surface area contributed by atoms with Gasteiger partial charge in [0.1, 0.15) is 11.9 Å². The first-order valence-electron chi connectivity index (χ1n) is 8.49. The summed E-state index contributed by atoms with van der Waals surface area (Å²) in [7, 11) is 0. The van der Waals surface area contributed by atoms with Crippen LogP contribution in [0.15, 0.2) is 59.8 Å². The molecule has 6 nitrogen and oxygen atoms in total. The van der Waals surface area contributed by atoms with E-state index < -0.39 is 5.25 Å². The molecule has 0 bridgehead atoms. The first kappa shape index (κ1) is 18.7. The lowest BCUT2D eigenvalue weighted by Crippen LogP contribution is -2.23. The normalized spacial score (nSPS) is 11.6. The van der Waals surface area contributed by atoms with E-state index in [2.05, 4.69) is 21.6 Å². The van der Waals surface area contributed by atoms with Gasteiger partial charge in [0.2, 0.25) is 5.91 Å². The molecule has 0 radical (unpaired) electrons. The predicted molar refractivity (Wildman–Crippen MR) is 105 cm³/mol. The minimum Gasteiger partial charge on any atom is -0.324 e. The zero-order valence-electron chi connectivity index (χ0n) is 15.1. The Labute approximate surface area is 162 Å². The van der Waals surface area contributed by atoms with E-state index in [-0.39, 0.29) is 5.91 Å². The Bertz CT molecular complexity index is 978. The van der Waals surface area contributed by atoms with Crippen molar-refractivity contribution in [1.82, 2.24) is 14.8 Å². The van der Waals surface area contributed by atoms with Crippen molar-refractivity contribution >= 4 is 23.4 Å². The second-order valence-corrected chi connectivity index (χ2v) is 7.32. The summed E-state index contributed by atoms with van der Waals surface area (Å²) < 4.78 is 1.99. The molecule has 27 heavy (non-hydrogen) atoms. The summed E-state index contributed by atoms with van der Waals surface area (Å²) in [6, 6.07) is 19.1. The molecular formula is C20H19N5OS. The zero-order chi connectivity index (χ0) is 19.2. The number of rotatable bonds is 6. The molecule has 1 heterocycles. The molecule has 0 aliphatic rings. The summed E-state index contributed by atoms with van der Waals surface area (Å²) in [5.41, 5.74) is 2.09. The maximum atomic E-state index is 12.6. The lowest BCUT2D eigenvalue weighted by Gasteiger charge is -2.14. The van der Waals surface area contributed by atoms with Crippen LogP contribution in [0.5, 0.6) is 0 Å². The molecule has 0 aliphatic carbocycles. The number of carbonyl (C=O) groups excluding carboxylic acids is 1. The molecule has 0 spiro atoms. The highest BCUT2D eigenvalue weighted by atomic mass is 32.2. The predicted octanol–water partition coefficient (Wildman–Crippen LogP) is 3.63. The molecule has 0 saturated carbocycles. The number of benzene rings is 2. The number of nitrogens with one attached hydrogen (secondary N) is 1. The van der Waals surface area contributed by atoms with Gasteiger partial charge in [-0.3, -0.25) is 4.79 Å². The Hall–Kier alpha value is -3.11. The molecule has 2 aromatic carbocycles. The zero-order valence-corrected chi connectivity index (χ0v) is 15.9. The van der Waals surface area contributed by atoms with Crippen LogP contribution in [0.4, 0.5) is 5.69 Å². The molecule has 1 aromatic heterocycles. The second-order valence-electron chi connectivity index (χ2n) is 6.01. The lowest BCUT2D eigenvalue weighted by molar-refractivity contribution is -0.115. The Morgan fingerprint density at radius 2 is 1.89 bits per heavy atom. The van der Waals surface area contributed by atoms with E-state index in [0.717, 1.165) is 11.4 Å². The standard InChI is InChI=1S/C20H19N5OS/c1-14(19(26)22-18-11-7-6-10-17(18)12-21)27-20-24-23-15(2)25(20)13-16-8-4-3-5-9-16/h3-11,14H,13H2,1-2H3,(H,22,26). The monoisotopic (exact) mass is 377 g/mol. The van der Waals surface area contributed by atoms with Crippen molar-refractivity contribution in [1.29, 1.82) is 5.26 Å². The number of para-hydroxylation sites is 1. The summed E-state index contributed by atoms with van der Waals surface area (Å²) in [5.74, 6) is 0.610. The number of hydrogen-bond donors (Lipinski definition) is 1. The van der Waals surface area contributed by atoms with E-state index in [0.29, 0.717) is 23.0 Å². The van der Waals surface area contributed by atoms with Gasteiger partial charge in [-0.15, -0.1) is 10.2 Å². The minimum absolute atomic E-state index is 0.186. The summed E-state index contributed by atoms with van der Waals surface area (Å²) in [5, 5.41) is 20.6. The van der Waals surface area contributed by atoms with Crippen molar-refractivity contribution < 1.29 is 4.79 Å². The van der Waals surface area contributed by atoms with Crippen LogP contribution in [0.3, 0.4) is 0 Å².